The van der Waals surface area contributed by atoms with E-state index in [9.17, 15) is 19.2 Å². The van der Waals surface area contributed by atoms with Crippen molar-refractivity contribution in [2.75, 3.05) is 0 Å². The summed E-state index contributed by atoms with van der Waals surface area (Å²) in [6, 6.07) is 0.264. The second-order valence-corrected chi connectivity index (χ2v) is 22.4. The first-order chi connectivity index (χ1) is 25.4. The van der Waals surface area contributed by atoms with E-state index in [0.29, 0.717) is 30.0 Å². The number of rotatable bonds is 8. The maximum absolute atomic E-state index is 14.0. The van der Waals surface area contributed by atoms with E-state index >= 15 is 0 Å². The Balaban J connectivity index is 1.23. The first-order valence-electron chi connectivity index (χ1n) is 22.1. The van der Waals surface area contributed by atoms with Crippen LogP contribution in [0.1, 0.15) is 179 Å². The second-order valence-electron chi connectivity index (χ2n) is 22.4. The van der Waals surface area contributed by atoms with Crippen molar-refractivity contribution in [3.05, 3.63) is 23.3 Å². The molecule has 0 spiro atoms. The van der Waals surface area contributed by atoms with Crippen LogP contribution in [-0.4, -0.2) is 41.4 Å². The summed E-state index contributed by atoms with van der Waals surface area (Å²) >= 11 is 0. The summed E-state index contributed by atoms with van der Waals surface area (Å²) in [7, 11) is 0. The van der Waals surface area contributed by atoms with Gasteiger partial charge in [0.2, 0.25) is 5.91 Å². The lowest BCUT2D eigenvalue weighted by Crippen LogP contribution is -2.65. The predicted octanol–water partition coefficient (Wildman–Crippen LogP) is 10.6. The van der Waals surface area contributed by atoms with Crippen molar-refractivity contribution < 1.29 is 28.7 Å². The number of carbonyl (C=O) groups is 4. The molecule has 0 bridgehead atoms. The molecule has 7 heteroatoms. The molecule has 308 valence electrons. The topological polar surface area (TPSA) is 98.8 Å². The van der Waals surface area contributed by atoms with Gasteiger partial charge < -0.3 is 14.8 Å². The molecular weight excluding hydrogens is 687 g/mol. The van der Waals surface area contributed by atoms with E-state index in [1.807, 2.05) is 20.8 Å². The number of allylic oxidation sites excluding steroid dienone is 3. The van der Waals surface area contributed by atoms with Gasteiger partial charge in [0.1, 0.15) is 11.7 Å². The van der Waals surface area contributed by atoms with Gasteiger partial charge in [-0.05, 0) is 156 Å². The number of hydrogen-bond acceptors (Lipinski definition) is 6. The highest BCUT2D eigenvalue weighted by Gasteiger charge is 2.70. The Morgan fingerprint density at radius 3 is 2.13 bits per heavy atom. The highest BCUT2D eigenvalue weighted by Crippen LogP contribution is 2.77. The first-order valence-corrected chi connectivity index (χ1v) is 22.1. The highest BCUT2D eigenvalue weighted by molar-refractivity contribution is 6.01. The molecule has 0 aromatic carbocycles. The third-order valence-electron chi connectivity index (χ3n) is 16.7. The minimum Gasteiger partial charge on any atom is -0.462 e. The van der Waals surface area contributed by atoms with E-state index in [1.54, 1.807) is 19.9 Å². The number of amides is 1. The molecule has 6 aliphatic carbocycles. The quantitative estimate of drug-likeness (QED) is 0.195. The Bertz CT molecular complexity index is 1610. The fraction of sp³-hybridized carbons (Fsp3) is 0.833. The molecule has 55 heavy (non-hydrogen) atoms. The maximum Gasteiger partial charge on any atom is 0.312 e. The van der Waals surface area contributed by atoms with Crippen LogP contribution in [-0.2, 0) is 28.7 Å². The van der Waals surface area contributed by atoms with E-state index < -0.39 is 11.0 Å². The number of esters is 2. The Hall–Kier alpha value is -2.44. The van der Waals surface area contributed by atoms with Crippen LogP contribution in [0.4, 0.5) is 0 Å². The van der Waals surface area contributed by atoms with Crippen LogP contribution in [0, 0.1) is 56.2 Å². The maximum atomic E-state index is 14.0. The summed E-state index contributed by atoms with van der Waals surface area (Å²) in [5, 5.41) is 3.29. The molecule has 1 N–H and O–H groups in total. The molecule has 1 amide bonds. The average molecular weight is 762 g/mol. The summed E-state index contributed by atoms with van der Waals surface area (Å²) in [4.78, 5) is 53.8. The monoisotopic (exact) mass is 762 g/mol. The van der Waals surface area contributed by atoms with Gasteiger partial charge in [-0.3, -0.25) is 19.2 Å². The lowest BCUT2D eigenvalue weighted by Gasteiger charge is -2.72. The molecular formula is C48H75NO6. The van der Waals surface area contributed by atoms with Crippen LogP contribution < -0.4 is 5.32 Å². The minimum absolute atomic E-state index is 0.00280. The smallest absolute Gasteiger partial charge is 0.312 e. The predicted molar refractivity (Wildman–Crippen MR) is 218 cm³/mol. The fourth-order valence-electron chi connectivity index (χ4n) is 13.8. The van der Waals surface area contributed by atoms with Crippen molar-refractivity contribution >= 4 is 23.6 Å². The van der Waals surface area contributed by atoms with Crippen molar-refractivity contribution in [1.29, 1.82) is 0 Å². The van der Waals surface area contributed by atoms with Crippen molar-refractivity contribution in [3.8, 4) is 0 Å². The standard InChI is InChI=1S/C48H75NO6/c1-30(2)39-33(50)28-48(25-22-37(51)49-31-16-14-13-15-17-31)27-26-46(11)32(40(39)48)18-19-35-45(10)23-21-36(44(8,9)34(45)20-24-47(35,46)12)54-38(52)29-43(6,7)41(53)55-42(3,4)5/h22,25,30-32,34-36H,13-21,23-24,26-29H2,1-12H3,(H,49,51)/t32-,34+,35-,36+,45+,46-,47-,48+/m1/s1. The molecule has 5 saturated carbocycles. The Kier molecular flexibility index (Phi) is 11.1. The summed E-state index contributed by atoms with van der Waals surface area (Å²) < 4.78 is 12.0. The Morgan fingerprint density at radius 1 is 0.818 bits per heavy atom. The van der Waals surface area contributed by atoms with Gasteiger partial charge in [-0.2, -0.15) is 0 Å². The molecule has 6 rings (SSSR count). The lowest BCUT2D eigenvalue weighted by atomic mass is 9.33. The van der Waals surface area contributed by atoms with E-state index in [2.05, 4.69) is 59.9 Å². The Morgan fingerprint density at radius 2 is 1.49 bits per heavy atom. The van der Waals surface area contributed by atoms with Gasteiger partial charge in [-0.25, -0.2) is 0 Å². The zero-order valence-electron chi connectivity index (χ0n) is 36.7. The van der Waals surface area contributed by atoms with E-state index in [-0.39, 0.29) is 69.4 Å². The summed E-state index contributed by atoms with van der Waals surface area (Å²) in [6.07, 6.45) is 18.2. The number of carbonyl (C=O) groups excluding carboxylic acids is 4. The van der Waals surface area contributed by atoms with Crippen LogP contribution in [0.25, 0.3) is 0 Å². The largest absolute Gasteiger partial charge is 0.462 e. The first kappa shape index (κ1) is 42.2. The molecule has 7 nitrogen and oxygen atoms in total. The van der Waals surface area contributed by atoms with Crippen LogP contribution in [0.3, 0.4) is 0 Å². The number of hydrogen-bond donors (Lipinski definition) is 1. The van der Waals surface area contributed by atoms with E-state index in [0.717, 1.165) is 69.8 Å². The number of fused-ring (bicyclic) bond motifs is 7. The van der Waals surface area contributed by atoms with Gasteiger partial charge in [-0.15, -0.1) is 0 Å². The van der Waals surface area contributed by atoms with Crippen molar-refractivity contribution in [2.24, 2.45) is 56.2 Å². The van der Waals surface area contributed by atoms with Gasteiger partial charge in [0, 0.05) is 23.3 Å². The number of ketones is 1. The van der Waals surface area contributed by atoms with Crippen molar-refractivity contribution in [1.82, 2.24) is 5.32 Å². The summed E-state index contributed by atoms with van der Waals surface area (Å²) in [5.74, 6) is 0.979. The number of ether oxygens (including phenoxy) is 2. The van der Waals surface area contributed by atoms with Gasteiger partial charge in [0.05, 0.1) is 11.8 Å². The molecule has 6 aliphatic rings. The molecule has 0 unspecified atom stereocenters. The third kappa shape index (κ3) is 7.32. The molecule has 0 aromatic heterocycles. The molecule has 0 heterocycles. The molecule has 0 aromatic rings. The normalized spacial score (nSPS) is 37.9. The highest BCUT2D eigenvalue weighted by atomic mass is 16.6. The third-order valence-corrected chi connectivity index (χ3v) is 16.7. The molecule has 5 fully saturated rings. The van der Waals surface area contributed by atoms with Gasteiger partial charge in [-0.1, -0.05) is 73.8 Å². The Labute approximate surface area is 333 Å². The number of nitrogens with one attached hydrogen (secondary N) is 1. The van der Waals surface area contributed by atoms with Gasteiger partial charge in [0.15, 0.2) is 5.78 Å². The SMILES string of the molecule is CC(C)C1=C2[C@H]3CC[C@@H]4[C@@]5(C)CC[C@H](OC(=O)CC(C)(C)C(=O)OC(C)(C)C)C(C)(C)[C@@H]5CC[C@@]4(C)[C@]3(C)CC[C@@]2(C=CC(=O)NC2CCCCC2)CC1=O. The minimum atomic E-state index is -0.970. The van der Waals surface area contributed by atoms with E-state index in [4.69, 9.17) is 9.47 Å². The summed E-state index contributed by atoms with van der Waals surface area (Å²) in [6.45, 7) is 25.8. The summed E-state index contributed by atoms with van der Waals surface area (Å²) in [5.41, 5.74) is 0.474. The van der Waals surface area contributed by atoms with Gasteiger partial charge in [0.25, 0.3) is 0 Å². The van der Waals surface area contributed by atoms with Crippen LogP contribution in [0.2, 0.25) is 0 Å². The number of Topliss-reactive ketones (excluding diaryl/α,β-unsaturated/α-hetero) is 1. The molecule has 0 saturated heterocycles. The van der Waals surface area contributed by atoms with Crippen molar-refractivity contribution in [2.45, 2.75) is 197 Å². The lowest BCUT2D eigenvalue weighted by molar-refractivity contribution is -0.232. The van der Waals surface area contributed by atoms with Crippen LogP contribution in [0.5, 0.6) is 0 Å². The zero-order valence-corrected chi connectivity index (χ0v) is 36.7. The zero-order chi connectivity index (χ0) is 40.6. The fourth-order valence-corrected chi connectivity index (χ4v) is 13.8. The van der Waals surface area contributed by atoms with Crippen LogP contribution in [0.15, 0.2) is 23.3 Å². The molecule has 8 atom stereocenters. The van der Waals surface area contributed by atoms with Crippen LogP contribution >= 0.6 is 0 Å². The molecule has 0 aliphatic heterocycles. The average Bonchev–Trinajstić information content (AvgIpc) is 3.37. The van der Waals surface area contributed by atoms with Gasteiger partial charge >= 0.3 is 11.9 Å². The van der Waals surface area contributed by atoms with Crippen molar-refractivity contribution in [3.63, 3.8) is 0 Å². The molecule has 0 radical (unpaired) electrons. The van der Waals surface area contributed by atoms with E-state index in [1.165, 1.54) is 24.8 Å². The second kappa shape index (κ2) is 14.4.